The highest BCUT2D eigenvalue weighted by Gasteiger charge is 2.22. The lowest BCUT2D eigenvalue weighted by atomic mass is 10.0. The van der Waals surface area contributed by atoms with E-state index in [-0.39, 0.29) is 36.3 Å². The van der Waals surface area contributed by atoms with Crippen LogP contribution < -0.4 is 0 Å². The van der Waals surface area contributed by atoms with E-state index < -0.39 is 10.0 Å². The van der Waals surface area contributed by atoms with E-state index in [1.54, 1.807) is 20.8 Å². The molecule has 20 heavy (non-hydrogen) atoms. The maximum Gasteiger partial charge on any atom is 0.243 e. The fraction of sp³-hybridized carbons (Fsp3) is 0.500. The summed E-state index contributed by atoms with van der Waals surface area (Å²) in [6, 6.07) is 5.93. The number of ketones is 1. The maximum absolute atomic E-state index is 12.3. The van der Waals surface area contributed by atoms with Gasteiger partial charge in [0.05, 0.1) is 11.5 Å². The van der Waals surface area contributed by atoms with Gasteiger partial charge in [-0.2, -0.15) is 4.31 Å². The Morgan fingerprint density at radius 1 is 1.25 bits per heavy atom. The molecule has 0 aliphatic carbocycles. The van der Waals surface area contributed by atoms with E-state index in [2.05, 4.69) is 0 Å². The molecule has 1 aromatic carbocycles. The summed E-state index contributed by atoms with van der Waals surface area (Å²) in [5.41, 5.74) is 0.504. The van der Waals surface area contributed by atoms with Crippen LogP contribution in [0.5, 0.6) is 0 Å². The molecule has 0 spiro atoms. The van der Waals surface area contributed by atoms with Crippen molar-refractivity contribution in [3.8, 4) is 0 Å². The van der Waals surface area contributed by atoms with E-state index in [9.17, 15) is 13.2 Å². The van der Waals surface area contributed by atoms with Crippen molar-refractivity contribution in [2.75, 3.05) is 19.7 Å². The molecule has 112 valence electrons. The number of aliphatic hydroxyl groups is 1. The molecule has 0 atom stereocenters. The molecule has 0 radical (unpaired) electrons. The largest absolute Gasteiger partial charge is 0.395 e. The van der Waals surface area contributed by atoms with Crippen LogP contribution in [0, 0.1) is 5.92 Å². The molecule has 6 heteroatoms. The number of carbonyl (C=O) groups is 1. The van der Waals surface area contributed by atoms with Crippen molar-refractivity contribution in [3.63, 3.8) is 0 Å². The van der Waals surface area contributed by atoms with Crippen LogP contribution in [0.4, 0.5) is 0 Å². The van der Waals surface area contributed by atoms with Crippen LogP contribution >= 0.6 is 0 Å². The van der Waals surface area contributed by atoms with E-state index in [1.807, 2.05) is 0 Å². The van der Waals surface area contributed by atoms with Crippen molar-refractivity contribution in [1.82, 2.24) is 4.31 Å². The number of benzene rings is 1. The van der Waals surface area contributed by atoms with Gasteiger partial charge in [0, 0.05) is 24.6 Å². The summed E-state index contributed by atoms with van der Waals surface area (Å²) in [5, 5.41) is 8.91. The molecule has 1 rings (SSSR count). The zero-order valence-electron chi connectivity index (χ0n) is 12.0. The van der Waals surface area contributed by atoms with Crippen LogP contribution in [0.25, 0.3) is 0 Å². The standard InChI is InChI=1S/C14H21NO4S/c1-4-15(9-10-16)20(18,19)13-7-5-12(6-8-13)14(17)11(2)3/h5-8,11,16H,4,9-10H2,1-3H3. The second-order valence-electron chi connectivity index (χ2n) is 4.76. The number of sulfonamides is 1. The molecule has 0 unspecified atom stereocenters. The summed E-state index contributed by atoms with van der Waals surface area (Å²) in [6.45, 7) is 5.43. The third kappa shape index (κ3) is 3.65. The van der Waals surface area contributed by atoms with Gasteiger partial charge >= 0.3 is 0 Å². The van der Waals surface area contributed by atoms with Gasteiger partial charge in [0.25, 0.3) is 0 Å². The van der Waals surface area contributed by atoms with Gasteiger partial charge < -0.3 is 5.11 Å². The summed E-state index contributed by atoms with van der Waals surface area (Å²) in [4.78, 5) is 11.9. The minimum absolute atomic E-state index is 0.0170. The highest BCUT2D eigenvalue weighted by atomic mass is 32.2. The quantitative estimate of drug-likeness (QED) is 0.775. The molecule has 0 aromatic heterocycles. The highest BCUT2D eigenvalue weighted by molar-refractivity contribution is 7.89. The zero-order valence-corrected chi connectivity index (χ0v) is 12.9. The number of hydrogen-bond donors (Lipinski definition) is 1. The molecule has 1 N–H and O–H groups in total. The van der Waals surface area contributed by atoms with Crippen molar-refractivity contribution in [1.29, 1.82) is 0 Å². The fourth-order valence-electron chi connectivity index (χ4n) is 1.83. The number of hydrogen-bond acceptors (Lipinski definition) is 4. The number of nitrogens with zero attached hydrogens (tertiary/aromatic N) is 1. The van der Waals surface area contributed by atoms with E-state index in [4.69, 9.17) is 5.11 Å². The zero-order chi connectivity index (χ0) is 15.3. The van der Waals surface area contributed by atoms with Gasteiger partial charge in [-0.25, -0.2) is 8.42 Å². The molecule has 1 aromatic rings. The second kappa shape index (κ2) is 6.97. The second-order valence-corrected chi connectivity index (χ2v) is 6.70. The van der Waals surface area contributed by atoms with E-state index >= 15 is 0 Å². The van der Waals surface area contributed by atoms with Gasteiger partial charge in [0.1, 0.15) is 0 Å². The Kier molecular flexibility index (Phi) is 5.86. The molecule has 0 saturated carbocycles. The van der Waals surface area contributed by atoms with Crippen LogP contribution in [0.15, 0.2) is 29.2 Å². The first-order valence-corrected chi connectivity index (χ1v) is 8.03. The van der Waals surface area contributed by atoms with Crippen molar-refractivity contribution in [2.45, 2.75) is 25.7 Å². The lowest BCUT2D eigenvalue weighted by molar-refractivity contribution is 0.0939. The van der Waals surface area contributed by atoms with Crippen molar-refractivity contribution in [3.05, 3.63) is 29.8 Å². The van der Waals surface area contributed by atoms with Crippen LogP contribution in [0.2, 0.25) is 0 Å². The van der Waals surface area contributed by atoms with Crippen molar-refractivity contribution in [2.24, 2.45) is 5.92 Å². The Hall–Kier alpha value is -1.24. The smallest absolute Gasteiger partial charge is 0.243 e. The maximum atomic E-state index is 12.3. The number of carbonyl (C=O) groups excluding carboxylic acids is 1. The molecular formula is C14H21NO4S. The van der Waals surface area contributed by atoms with Crippen LogP contribution in [-0.2, 0) is 10.0 Å². The van der Waals surface area contributed by atoms with Gasteiger partial charge in [-0.05, 0) is 12.1 Å². The SMILES string of the molecule is CCN(CCO)S(=O)(=O)c1ccc(C(=O)C(C)C)cc1. The summed E-state index contributed by atoms with van der Waals surface area (Å²) in [7, 11) is -3.61. The number of rotatable bonds is 7. The molecule has 0 aliphatic heterocycles. The number of Topliss-reactive ketones (excluding diaryl/α,β-unsaturated/α-hetero) is 1. The Morgan fingerprint density at radius 2 is 1.80 bits per heavy atom. The third-order valence-corrected chi connectivity index (χ3v) is 4.99. The van der Waals surface area contributed by atoms with E-state index in [1.165, 1.54) is 28.6 Å². The predicted octanol–water partition coefficient (Wildman–Crippen LogP) is 1.53. The van der Waals surface area contributed by atoms with Gasteiger partial charge in [-0.15, -0.1) is 0 Å². The van der Waals surface area contributed by atoms with Crippen LogP contribution in [0.3, 0.4) is 0 Å². The summed E-state index contributed by atoms with van der Waals surface area (Å²) >= 11 is 0. The Bertz CT molecular complexity index is 549. The molecule has 0 bridgehead atoms. The number of likely N-dealkylation sites (N-methyl/N-ethyl adjacent to an activating group) is 1. The molecule has 5 nitrogen and oxygen atoms in total. The lowest BCUT2D eigenvalue weighted by Crippen LogP contribution is -2.33. The van der Waals surface area contributed by atoms with Crippen LogP contribution in [-0.4, -0.2) is 43.3 Å². The molecule has 0 amide bonds. The summed E-state index contributed by atoms with van der Waals surface area (Å²) in [5.74, 6) is -0.143. The molecule has 0 saturated heterocycles. The first-order valence-electron chi connectivity index (χ1n) is 6.59. The average Bonchev–Trinajstić information content (AvgIpc) is 2.43. The topological polar surface area (TPSA) is 74.7 Å². The molecule has 0 heterocycles. The minimum Gasteiger partial charge on any atom is -0.395 e. The van der Waals surface area contributed by atoms with E-state index in [0.29, 0.717) is 5.56 Å². The minimum atomic E-state index is -3.61. The number of aliphatic hydroxyl groups excluding tert-OH is 1. The Labute approximate surface area is 120 Å². The van der Waals surface area contributed by atoms with Crippen molar-refractivity contribution >= 4 is 15.8 Å². The third-order valence-electron chi connectivity index (χ3n) is 3.00. The van der Waals surface area contributed by atoms with E-state index in [0.717, 1.165) is 0 Å². The van der Waals surface area contributed by atoms with Crippen molar-refractivity contribution < 1.29 is 18.3 Å². The first-order chi connectivity index (χ1) is 9.34. The van der Waals surface area contributed by atoms with Crippen LogP contribution in [0.1, 0.15) is 31.1 Å². The summed E-state index contributed by atoms with van der Waals surface area (Å²) in [6.07, 6.45) is 0. The van der Waals surface area contributed by atoms with Gasteiger partial charge in [-0.1, -0.05) is 32.9 Å². The van der Waals surface area contributed by atoms with Gasteiger partial charge in [0.2, 0.25) is 10.0 Å². The monoisotopic (exact) mass is 299 g/mol. The fourth-order valence-corrected chi connectivity index (χ4v) is 3.27. The molecular weight excluding hydrogens is 278 g/mol. The van der Waals surface area contributed by atoms with Gasteiger partial charge in [-0.3, -0.25) is 4.79 Å². The summed E-state index contributed by atoms with van der Waals surface area (Å²) < 4.78 is 25.8. The first kappa shape index (κ1) is 16.8. The predicted molar refractivity (Wildman–Crippen MR) is 77.1 cm³/mol. The van der Waals surface area contributed by atoms with Gasteiger partial charge in [0.15, 0.2) is 5.78 Å². The lowest BCUT2D eigenvalue weighted by Gasteiger charge is -2.19. The molecule has 0 fully saturated rings. The Balaban J connectivity index is 3.06. The normalized spacial score (nSPS) is 12.1. The highest BCUT2D eigenvalue weighted by Crippen LogP contribution is 2.17. The molecule has 0 aliphatic rings. The average molecular weight is 299 g/mol. The Morgan fingerprint density at radius 3 is 2.20 bits per heavy atom.